The molecule has 6 heteroatoms. The Morgan fingerprint density at radius 1 is 1.30 bits per heavy atom. The van der Waals surface area contributed by atoms with Crippen molar-refractivity contribution in [3.05, 3.63) is 40.7 Å². The third kappa shape index (κ3) is 2.73. The van der Waals surface area contributed by atoms with Crippen molar-refractivity contribution < 1.29 is 9.47 Å². The van der Waals surface area contributed by atoms with Crippen LogP contribution in [0.5, 0.6) is 11.5 Å². The van der Waals surface area contributed by atoms with E-state index in [-0.39, 0.29) is 6.04 Å². The number of nitrogens with zero attached hydrogens (tertiary/aromatic N) is 2. The van der Waals surface area contributed by atoms with Gasteiger partial charge in [-0.1, -0.05) is 11.6 Å². The molecule has 1 aromatic heterocycles. The first-order chi connectivity index (χ1) is 9.60. The fourth-order valence-corrected chi connectivity index (χ4v) is 2.47. The summed E-state index contributed by atoms with van der Waals surface area (Å²) in [6.45, 7) is 0. The summed E-state index contributed by atoms with van der Waals surface area (Å²) in [6.07, 6.45) is 1.90. The Morgan fingerprint density at radius 2 is 2.05 bits per heavy atom. The SMILES string of the molecule is CNC(c1cc(Cl)c(OC)c(OC)c1)c1ccn(C)n1. The van der Waals surface area contributed by atoms with Crippen LogP contribution in [0, 0.1) is 0 Å². The molecule has 0 spiro atoms. The number of hydrogen-bond donors (Lipinski definition) is 1. The molecule has 20 heavy (non-hydrogen) atoms. The highest BCUT2D eigenvalue weighted by Crippen LogP contribution is 2.38. The van der Waals surface area contributed by atoms with Crippen LogP contribution in [0.25, 0.3) is 0 Å². The number of aromatic nitrogens is 2. The summed E-state index contributed by atoms with van der Waals surface area (Å²) >= 11 is 6.25. The smallest absolute Gasteiger partial charge is 0.179 e. The highest BCUT2D eigenvalue weighted by molar-refractivity contribution is 6.32. The molecule has 0 saturated heterocycles. The van der Waals surface area contributed by atoms with E-state index in [1.165, 1.54) is 0 Å². The minimum absolute atomic E-state index is 0.0616. The van der Waals surface area contributed by atoms with Crippen LogP contribution in [0.1, 0.15) is 17.3 Å². The Hall–Kier alpha value is -1.72. The summed E-state index contributed by atoms with van der Waals surface area (Å²) < 4.78 is 12.3. The van der Waals surface area contributed by atoms with E-state index < -0.39 is 0 Å². The first-order valence-electron chi connectivity index (χ1n) is 6.19. The second-order valence-electron chi connectivity index (χ2n) is 4.37. The summed E-state index contributed by atoms with van der Waals surface area (Å²) in [6, 6.07) is 5.67. The first kappa shape index (κ1) is 14.7. The molecule has 1 aromatic carbocycles. The predicted octanol–water partition coefficient (Wildman–Crippen LogP) is 2.40. The van der Waals surface area contributed by atoms with Gasteiger partial charge in [0.25, 0.3) is 0 Å². The summed E-state index contributed by atoms with van der Waals surface area (Å²) in [5, 5.41) is 8.17. The van der Waals surface area contributed by atoms with Crippen LogP contribution in [-0.4, -0.2) is 31.0 Å². The van der Waals surface area contributed by atoms with Gasteiger partial charge in [-0.05, 0) is 30.8 Å². The lowest BCUT2D eigenvalue weighted by molar-refractivity contribution is 0.354. The zero-order valence-corrected chi connectivity index (χ0v) is 12.7. The molecule has 0 fully saturated rings. The molecule has 1 heterocycles. The molecule has 0 aliphatic rings. The standard InChI is InChI=1S/C14H18ClN3O2/c1-16-13(11-5-6-18(2)17-11)9-7-10(15)14(20-4)12(8-9)19-3/h5-8,13,16H,1-4H3. The van der Waals surface area contributed by atoms with Crippen LogP contribution >= 0.6 is 11.6 Å². The quantitative estimate of drug-likeness (QED) is 0.920. The summed E-state index contributed by atoms with van der Waals surface area (Å²) in [5.74, 6) is 1.14. The number of hydrogen-bond acceptors (Lipinski definition) is 4. The van der Waals surface area contributed by atoms with Crippen molar-refractivity contribution in [3.8, 4) is 11.5 Å². The van der Waals surface area contributed by atoms with Gasteiger partial charge in [0.1, 0.15) is 0 Å². The maximum atomic E-state index is 6.25. The van der Waals surface area contributed by atoms with Crippen molar-refractivity contribution in [3.63, 3.8) is 0 Å². The largest absolute Gasteiger partial charge is 0.493 e. The van der Waals surface area contributed by atoms with Crippen molar-refractivity contribution in [2.75, 3.05) is 21.3 Å². The van der Waals surface area contributed by atoms with Crippen LogP contribution in [-0.2, 0) is 7.05 Å². The fourth-order valence-electron chi connectivity index (χ4n) is 2.18. The average molecular weight is 296 g/mol. The molecule has 0 bridgehead atoms. The van der Waals surface area contributed by atoms with E-state index in [0.29, 0.717) is 16.5 Å². The van der Waals surface area contributed by atoms with Gasteiger partial charge in [-0.15, -0.1) is 0 Å². The number of benzene rings is 1. The summed E-state index contributed by atoms with van der Waals surface area (Å²) in [4.78, 5) is 0. The Morgan fingerprint density at radius 3 is 2.55 bits per heavy atom. The van der Waals surface area contributed by atoms with Crippen LogP contribution in [0.2, 0.25) is 5.02 Å². The third-order valence-electron chi connectivity index (χ3n) is 3.11. The lowest BCUT2D eigenvalue weighted by Gasteiger charge is -2.17. The van der Waals surface area contributed by atoms with E-state index in [4.69, 9.17) is 21.1 Å². The van der Waals surface area contributed by atoms with Crippen molar-refractivity contribution in [2.45, 2.75) is 6.04 Å². The van der Waals surface area contributed by atoms with Gasteiger partial charge in [0.2, 0.25) is 0 Å². The molecule has 0 aliphatic heterocycles. The molecule has 0 saturated carbocycles. The maximum Gasteiger partial charge on any atom is 0.179 e. The van der Waals surface area contributed by atoms with Gasteiger partial charge < -0.3 is 14.8 Å². The molecule has 108 valence electrons. The Labute approximate surface area is 123 Å². The highest BCUT2D eigenvalue weighted by atomic mass is 35.5. The normalized spacial score (nSPS) is 12.2. The van der Waals surface area contributed by atoms with Crippen LogP contribution in [0.4, 0.5) is 0 Å². The Balaban J connectivity index is 2.47. The molecule has 2 aromatic rings. The molecule has 1 atom stereocenters. The number of ether oxygens (including phenoxy) is 2. The average Bonchev–Trinajstić information content (AvgIpc) is 2.85. The van der Waals surface area contributed by atoms with Gasteiger partial charge in [-0.2, -0.15) is 5.10 Å². The van der Waals surface area contributed by atoms with E-state index in [1.807, 2.05) is 38.5 Å². The fraction of sp³-hybridized carbons (Fsp3) is 0.357. The monoisotopic (exact) mass is 295 g/mol. The molecule has 0 amide bonds. The van der Waals surface area contributed by atoms with E-state index >= 15 is 0 Å². The van der Waals surface area contributed by atoms with E-state index in [0.717, 1.165) is 11.3 Å². The maximum absolute atomic E-state index is 6.25. The molecular weight excluding hydrogens is 278 g/mol. The number of methoxy groups -OCH3 is 2. The number of aryl methyl sites for hydroxylation is 1. The summed E-state index contributed by atoms with van der Waals surface area (Å²) in [7, 11) is 6.92. The Bertz CT molecular complexity index is 598. The van der Waals surface area contributed by atoms with E-state index in [1.54, 1.807) is 18.9 Å². The first-order valence-corrected chi connectivity index (χ1v) is 6.56. The van der Waals surface area contributed by atoms with Crippen LogP contribution < -0.4 is 14.8 Å². The van der Waals surface area contributed by atoms with Crippen molar-refractivity contribution in [1.29, 1.82) is 0 Å². The lowest BCUT2D eigenvalue weighted by atomic mass is 10.0. The number of halogens is 1. The zero-order valence-electron chi connectivity index (χ0n) is 12.0. The predicted molar refractivity (Wildman–Crippen MR) is 78.7 cm³/mol. The van der Waals surface area contributed by atoms with Gasteiger partial charge >= 0.3 is 0 Å². The number of nitrogens with one attached hydrogen (secondary N) is 1. The summed E-state index contributed by atoms with van der Waals surface area (Å²) in [5.41, 5.74) is 1.88. The third-order valence-corrected chi connectivity index (χ3v) is 3.39. The van der Waals surface area contributed by atoms with Gasteiger partial charge in [-0.3, -0.25) is 4.68 Å². The van der Waals surface area contributed by atoms with Crippen LogP contribution in [0.3, 0.4) is 0 Å². The van der Waals surface area contributed by atoms with E-state index in [9.17, 15) is 0 Å². The minimum atomic E-state index is -0.0616. The number of rotatable bonds is 5. The van der Waals surface area contributed by atoms with E-state index in [2.05, 4.69) is 10.4 Å². The molecule has 1 unspecified atom stereocenters. The molecule has 0 aliphatic carbocycles. The zero-order chi connectivity index (χ0) is 14.7. The Kier molecular flexibility index (Phi) is 4.52. The molecule has 0 radical (unpaired) electrons. The van der Waals surface area contributed by atoms with Gasteiger partial charge in [0.15, 0.2) is 11.5 Å². The lowest BCUT2D eigenvalue weighted by Crippen LogP contribution is -2.18. The van der Waals surface area contributed by atoms with Gasteiger partial charge in [0, 0.05) is 13.2 Å². The second-order valence-corrected chi connectivity index (χ2v) is 4.78. The molecular formula is C14H18ClN3O2. The van der Waals surface area contributed by atoms with Crippen molar-refractivity contribution >= 4 is 11.6 Å². The molecule has 2 rings (SSSR count). The second kappa shape index (κ2) is 6.15. The van der Waals surface area contributed by atoms with Crippen LogP contribution in [0.15, 0.2) is 24.4 Å². The van der Waals surface area contributed by atoms with Gasteiger partial charge in [-0.25, -0.2) is 0 Å². The van der Waals surface area contributed by atoms with Crippen molar-refractivity contribution in [1.82, 2.24) is 15.1 Å². The van der Waals surface area contributed by atoms with Crippen molar-refractivity contribution in [2.24, 2.45) is 7.05 Å². The topological polar surface area (TPSA) is 48.3 Å². The van der Waals surface area contributed by atoms with Gasteiger partial charge in [0.05, 0.1) is 31.0 Å². The highest BCUT2D eigenvalue weighted by Gasteiger charge is 2.19. The minimum Gasteiger partial charge on any atom is -0.493 e. The molecule has 1 N–H and O–H groups in total. The molecule has 5 nitrogen and oxygen atoms in total.